The molecule has 40 heavy (non-hydrogen) atoms. The van der Waals surface area contributed by atoms with Crippen molar-refractivity contribution >= 4 is 64.7 Å². The molecule has 5 nitrogen and oxygen atoms in total. The van der Waals surface area contributed by atoms with E-state index < -0.39 is 0 Å². The Labute approximate surface area is 233 Å². The van der Waals surface area contributed by atoms with Gasteiger partial charge in [0.15, 0.2) is 5.69 Å². The van der Waals surface area contributed by atoms with Crippen LogP contribution in [0.25, 0.3) is 68.5 Å². The molecule has 5 aromatic carbocycles. The summed E-state index contributed by atoms with van der Waals surface area (Å²) in [5.74, 6) is 0. The van der Waals surface area contributed by atoms with Crippen LogP contribution in [0.5, 0.6) is 0 Å². The van der Waals surface area contributed by atoms with E-state index in [1.54, 1.807) is 41.7 Å². The largest absolute Gasteiger partial charge is 0.318 e. The zero-order valence-electron chi connectivity index (χ0n) is 20.8. The highest BCUT2D eigenvalue weighted by Gasteiger charge is 2.22. The maximum Gasteiger partial charge on any atom is 0.212 e. The fourth-order valence-electron chi connectivity index (χ4n) is 5.63. The lowest BCUT2D eigenvalue weighted by Crippen LogP contribution is -1.99. The maximum absolute atomic E-state index is 10.4. The molecule has 0 saturated carbocycles. The number of hydrogen-bond acceptors (Lipinski definition) is 3. The van der Waals surface area contributed by atoms with Crippen LogP contribution in [0.3, 0.4) is 0 Å². The summed E-state index contributed by atoms with van der Waals surface area (Å²) in [5, 5.41) is 24.6. The Morgan fingerprint density at radius 2 is 1.38 bits per heavy atom. The summed E-state index contributed by atoms with van der Waals surface area (Å²) in [7, 11) is 0. The van der Waals surface area contributed by atoms with Gasteiger partial charge in [-0.2, -0.15) is 10.5 Å². The molecule has 0 aliphatic heterocycles. The van der Waals surface area contributed by atoms with Crippen LogP contribution in [0.2, 0.25) is 0 Å². The molecule has 182 valence electrons. The number of aromatic nitrogens is 1. The summed E-state index contributed by atoms with van der Waals surface area (Å²) >= 11 is 1.72. The molecule has 0 saturated heterocycles. The molecule has 0 bridgehead atoms. The van der Waals surface area contributed by atoms with Gasteiger partial charge in [-0.15, -0.1) is 11.3 Å². The average molecular weight is 526 g/mol. The van der Waals surface area contributed by atoms with E-state index in [-0.39, 0.29) is 5.69 Å². The van der Waals surface area contributed by atoms with Gasteiger partial charge in [0.25, 0.3) is 0 Å². The lowest BCUT2D eigenvalue weighted by Gasteiger charge is -2.15. The Balaban J connectivity index is 1.61. The highest BCUT2D eigenvalue weighted by Crippen LogP contribution is 2.44. The summed E-state index contributed by atoms with van der Waals surface area (Å²) in [4.78, 5) is 7.47. The minimum atomic E-state index is 0.275. The first-order valence-electron chi connectivity index (χ1n) is 12.4. The van der Waals surface area contributed by atoms with Crippen molar-refractivity contribution in [1.29, 1.82) is 10.5 Å². The van der Waals surface area contributed by atoms with Gasteiger partial charge >= 0.3 is 0 Å². The first kappa shape index (κ1) is 23.2. The van der Waals surface area contributed by atoms with Crippen LogP contribution in [-0.2, 0) is 0 Å². The zero-order valence-corrected chi connectivity index (χ0v) is 21.6. The normalized spacial score (nSPS) is 10.9. The van der Waals surface area contributed by atoms with Gasteiger partial charge < -0.3 is 4.57 Å². The Hall–Kier alpha value is -5.92. The lowest BCUT2D eigenvalue weighted by molar-refractivity contribution is 1.18. The molecule has 2 aromatic heterocycles. The molecular formula is C34H15N5S. The minimum absolute atomic E-state index is 0.275. The van der Waals surface area contributed by atoms with Gasteiger partial charge in [-0.05, 0) is 48.0 Å². The fourth-order valence-corrected chi connectivity index (χ4v) is 6.75. The number of fused-ring (bicyclic) bond motifs is 6. The van der Waals surface area contributed by atoms with Crippen LogP contribution in [0.15, 0.2) is 91.0 Å². The lowest BCUT2D eigenvalue weighted by atomic mass is 9.95. The van der Waals surface area contributed by atoms with Crippen LogP contribution < -0.4 is 0 Å². The molecule has 7 aromatic rings. The maximum atomic E-state index is 10.4. The molecule has 0 radical (unpaired) electrons. The minimum Gasteiger partial charge on any atom is -0.318 e. The molecule has 0 aliphatic carbocycles. The summed E-state index contributed by atoms with van der Waals surface area (Å²) in [6.45, 7) is 15.7. The molecule has 0 spiro atoms. The van der Waals surface area contributed by atoms with E-state index in [2.05, 4.69) is 58.2 Å². The van der Waals surface area contributed by atoms with Crippen molar-refractivity contribution in [3.05, 3.63) is 125 Å². The van der Waals surface area contributed by atoms with Gasteiger partial charge in [0, 0.05) is 42.1 Å². The molecular weight excluding hydrogens is 510 g/mol. The average Bonchev–Trinajstić information content (AvgIpc) is 3.53. The predicted molar refractivity (Wildman–Crippen MR) is 161 cm³/mol. The Bertz CT molecular complexity index is 2310. The second-order valence-corrected chi connectivity index (χ2v) is 10.4. The monoisotopic (exact) mass is 525 g/mol. The number of benzene rings is 5. The molecule has 0 unspecified atom stereocenters. The first-order valence-corrected chi connectivity index (χ1v) is 13.2. The SMILES string of the molecule is [C-]#[N+]c1cccc(C#N)c1-c1cc(C#N)c(-n2c3ccccc3c3cc4c(cc32)sc2ccccc24)c([N+]#[C-])c1. The highest BCUT2D eigenvalue weighted by atomic mass is 32.1. The number of hydrogen-bond donors (Lipinski definition) is 0. The summed E-state index contributed by atoms with van der Waals surface area (Å²) < 4.78 is 4.34. The van der Waals surface area contributed by atoms with Gasteiger partial charge in [-0.1, -0.05) is 48.5 Å². The van der Waals surface area contributed by atoms with E-state index in [0.29, 0.717) is 33.6 Å². The summed E-state index contributed by atoms with van der Waals surface area (Å²) in [5.41, 5.74) is 4.43. The van der Waals surface area contributed by atoms with Crippen molar-refractivity contribution < 1.29 is 0 Å². The second kappa shape index (κ2) is 8.83. The van der Waals surface area contributed by atoms with E-state index in [9.17, 15) is 10.5 Å². The Kier molecular flexibility index (Phi) is 5.13. The van der Waals surface area contributed by atoms with Gasteiger partial charge in [0.1, 0.15) is 0 Å². The fraction of sp³-hybridized carbons (Fsp3) is 0. The predicted octanol–water partition coefficient (Wildman–Crippen LogP) is 9.66. The van der Waals surface area contributed by atoms with E-state index in [0.717, 1.165) is 26.5 Å². The molecule has 7 rings (SSSR count). The quantitative estimate of drug-likeness (QED) is 0.211. The van der Waals surface area contributed by atoms with Gasteiger partial charge in [0.2, 0.25) is 5.69 Å². The van der Waals surface area contributed by atoms with Crippen molar-refractivity contribution in [2.24, 2.45) is 0 Å². The van der Waals surface area contributed by atoms with Crippen molar-refractivity contribution in [1.82, 2.24) is 4.57 Å². The zero-order chi connectivity index (χ0) is 27.4. The van der Waals surface area contributed by atoms with Gasteiger partial charge in [-0.3, -0.25) is 0 Å². The summed E-state index contributed by atoms with van der Waals surface area (Å²) in [6.07, 6.45) is 0. The third-order valence-corrected chi connectivity index (χ3v) is 8.43. The van der Waals surface area contributed by atoms with Gasteiger partial charge in [-0.25, -0.2) is 9.69 Å². The number of para-hydroxylation sites is 1. The standard InChI is InChI=1S/C34H15N5S/c1-37-27-11-7-8-20(18-35)33(27)21-14-22(19-36)34(28(15-21)38-2)39-29-12-5-3-9-23(29)25-16-26-24-10-4-6-13-31(24)40-32(26)17-30(25)39/h3-17H. The van der Waals surface area contributed by atoms with Crippen LogP contribution in [0, 0.1) is 35.8 Å². The van der Waals surface area contributed by atoms with Crippen LogP contribution >= 0.6 is 11.3 Å². The van der Waals surface area contributed by atoms with Crippen molar-refractivity contribution in [3.63, 3.8) is 0 Å². The van der Waals surface area contributed by atoms with E-state index >= 15 is 0 Å². The molecule has 0 N–H and O–H groups in total. The first-order chi connectivity index (χ1) is 19.7. The second-order valence-electron chi connectivity index (χ2n) is 9.35. The van der Waals surface area contributed by atoms with Gasteiger partial charge in [0.05, 0.1) is 47.6 Å². The Morgan fingerprint density at radius 1 is 0.625 bits per heavy atom. The highest BCUT2D eigenvalue weighted by molar-refractivity contribution is 7.25. The number of nitriles is 2. The van der Waals surface area contributed by atoms with Crippen LogP contribution in [0.4, 0.5) is 11.4 Å². The third kappa shape index (κ3) is 3.22. The van der Waals surface area contributed by atoms with Crippen molar-refractivity contribution in [2.75, 3.05) is 0 Å². The van der Waals surface area contributed by atoms with Crippen molar-refractivity contribution in [3.8, 4) is 29.0 Å². The number of rotatable bonds is 2. The van der Waals surface area contributed by atoms with E-state index in [1.807, 2.05) is 28.8 Å². The smallest absolute Gasteiger partial charge is 0.212 e. The molecule has 0 atom stereocenters. The summed E-state index contributed by atoms with van der Waals surface area (Å²) in [6, 6.07) is 33.5. The number of nitrogens with zero attached hydrogens (tertiary/aromatic N) is 5. The molecule has 0 fully saturated rings. The van der Waals surface area contributed by atoms with E-state index in [4.69, 9.17) is 13.1 Å². The van der Waals surface area contributed by atoms with Crippen molar-refractivity contribution in [2.45, 2.75) is 0 Å². The number of thiophene rings is 1. The third-order valence-electron chi connectivity index (χ3n) is 7.30. The van der Waals surface area contributed by atoms with E-state index in [1.165, 1.54) is 15.5 Å². The Morgan fingerprint density at radius 3 is 2.15 bits per heavy atom. The molecule has 0 amide bonds. The molecule has 6 heteroatoms. The topological polar surface area (TPSA) is 61.2 Å². The molecule has 0 aliphatic rings. The van der Waals surface area contributed by atoms with Crippen LogP contribution in [-0.4, -0.2) is 4.57 Å². The molecule has 2 heterocycles. The van der Waals surface area contributed by atoms with Crippen LogP contribution in [0.1, 0.15) is 11.1 Å².